The number of thiocarbonyl (C=S) groups is 1. The van der Waals surface area contributed by atoms with E-state index < -0.39 is 0 Å². The molecular weight excluding hydrogens is 268 g/mol. The SMILES string of the molecule is COc1ccc(C(N)=S)c(N(C)C2CCCCC2C)c1. The minimum absolute atomic E-state index is 0.443. The van der Waals surface area contributed by atoms with Crippen LogP contribution >= 0.6 is 12.2 Å². The Balaban J connectivity index is 2.35. The van der Waals surface area contributed by atoms with E-state index in [1.54, 1.807) is 7.11 Å². The number of rotatable bonds is 4. The van der Waals surface area contributed by atoms with Crippen molar-refractivity contribution < 1.29 is 4.74 Å². The zero-order valence-electron chi connectivity index (χ0n) is 12.6. The van der Waals surface area contributed by atoms with Gasteiger partial charge in [0.1, 0.15) is 10.7 Å². The number of benzene rings is 1. The molecule has 20 heavy (non-hydrogen) atoms. The highest BCUT2D eigenvalue weighted by atomic mass is 32.1. The Labute approximate surface area is 127 Å². The molecule has 0 spiro atoms. The second kappa shape index (κ2) is 6.44. The van der Waals surface area contributed by atoms with Crippen LogP contribution in [0.25, 0.3) is 0 Å². The maximum absolute atomic E-state index is 5.87. The Morgan fingerprint density at radius 2 is 2.05 bits per heavy atom. The Morgan fingerprint density at radius 1 is 1.35 bits per heavy atom. The summed E-state index contributed by atoms with van der Waals surface area (Å²) >= 11 is 5.19. The summed E-state index contributed by atoms with van der Waals surface area (Å²) in [7, 11) is 3.83. The van der Waals surface area contributed by atoms with Gasteiger partial charge in [0.05, 0.1) is 12.8 Å². The van der Waals surface area contributed by atoms with Gasteiger partial charge in [-0.3, -0.25) is 0 Å². The number of ether oxygens (including phenoxy) is 1. The first-order valence-electron chi connectivity index (χ1n) is 7.25. The van der Waals surface area contributed by atoms with Crippen LogP contribution in [0.5, 0.6) is 5.75 Å². The molecule has 1 aromatic rings. The third kappa shape index (κ3) is 3.06. The Hall–Kier alpha value is -1.29. The van der Waals surface area contributed by atoms with E-state index in [1.807, 2.05) is 18.2 Å². The molecule has 1 fully saturated rings. The van der Waals surface area contributed by atoms with Gasteiger partial charge < -0.3 is 15.4 Å². The highest BCUT2D eigenvalue weighted by molar-refractivity contribution is 7.80. The lowest BCUT2D eigenvalue weighted by atomic mass is 9.84. The molecule has 0 aliphatic heterocycles. The van der Waals surface area contributed by atoms with Crippen molar-refractivity contribution >= 4 is 22.9 Å². The summed E-state index contributed by atoms with van der Waals surface area (Å²) in [6.45, 7) is 2.33. The van der Waals surface area contributed by atoms with Gasteiger partial charge in [0, 0.05) is 24.7 Å². The van der Waals surface area contributed by atoms with Crippen molar-refractivity contribution in [2.45, 2.75) is 38.6 Å². The summed E-state index contributed by atoms with van der Waals surface area (Å²) < 4.78 is 5.34. The summed E-state index contributed by atoms with van der Waals surface area (Å²) in [5.41, 5.74) is 7.88. The number of methoxy groups -OCH3 is 1. The van der Waals surface area contributed by atoms with E-state index >= 15 is 0 Å². The molecule has 0 heterocycles. The molecule has 0 bridgehead atoms. The average molecular weight is 292 g/mol. The standard InChI is InChI=1S/C16H24N2OS/c1-11-6-4-5-7-14(11)18(2)15-10-12(19-3)8-9-13(15)16(17)20/h8-11,14H,4-7H2,1-3H3,(H2,17,20). The number of nitrogens with two attached hydrogens (primary N) is 1. The van der Waals surface area contributed by atoms with Gasteiger partial charge in [-0.25, -0.2) is 0 Å². The minimum atomic E-state index is 0.443. The largest absolute Gasteiger partial charge is 0.497 e. The molecule has 0 radical (unpaired) electrons. The third-order valence-corrected chi connectivity index (χ3v) is 4.63. The van der Waals surface area contributed by atoms with Crippen LogP contribution in [0.2, 0.25) is 0 Å². The highest BCUT2D eigenvalue weighted by Crippen LogP contribution is 2.33. The van der Waals surface area contributed by atoms with Crippen molar-refractivity contribution in [2.24, 2.45) is 11.7 Å². The van der Waals surface area contributed by atoms with Crippen LogP contribution < -0.4 is 15.4 Å². The lowest BCUT2D eigenvalue weighted by Gasteiger charge is -2.38. The predicted octanol–water partition coefficient (Wildman–Crippen LogP) is 3.34. The summed E-state index contributed by atoms with van der Waals surface area (Å²) in [6.07, 6.45) is 5.16. The van der Waals surface area contributed by atoms with E-state index in [4.69, 9.17) is 22.7 Å². The van der Waals surface area contributed by atoms with Gasteiger partial charge in [-0.2, -0.15) is 0 Å². The van der Waals surface area contributed by atoms with Gasteiger partial charge in [0.15, 0.2) is 0 Å². The van der Waals surface area contributed by atoms with E-state index in [2.05, 4.69) is 18.9 Å². The van der Waals surface area contributed by atoms with Crippen LogP contribution in [0.15, 0.2) is 18.2 Å². The first-order chi connectivity index (χ1) is 9.54. The topological polar surface area (TPSA) is 38.5 Å². The number of hydrogen-bond acceptors (Lipinski definition) is 3. The molecule has 2 rings (SSSR count). The number of hydrogen-bond donors (Lipinski definition) is 1. The normalized spacial score (nSPS) is 22.4. The van der Waals surface area contributed by atoms with E-state index in [9.17, 15) is 0 Å². The predicted molar refractivity (Wildman–Crippen MR) is 88.7 cm³/mol. The molecule has 0 saturated heterocycles. The van der Waals surface area contributed by atoms with Crippen molar-refractivity contribution in [1.29, 1.82) is 0 Å². The lowest BCUT2D eigenvalue weighted by Crippen LogP contribution is -2.39. The highest BCUT2D eigenvalue weighted by Gasteiger charge is 2.26. The van der Waals surface area contributed by atoms with Crippen molar-refractivity contribution in [3.63, 3.8) is 0 Å². The van der Waals surface area contributed by atoms with Gasteiger partial charge in [-0.1, -0.05) is 32.0 Å². The summed E-state index contributed by atoms with van der Waals surface area (Å²) in [5, 5.41) is 0. The molecule has 110 valence electrons. The van der Waals surface area contributed by atoms with Crippen molar-refractivity contribution in [3.8, 4) is 5.75 Å². The van der Waals surface area contributed by atoms with Crippen LogP contribution in [0, 0.1) is 5.92 Å². The Morgan fingerprint density at radius 3 is 2.65 bits per heavy atom. The van der Waals surface area contributed by atoms with Crippen LogP contribution in [0.3, 0.4) is 0 Å². The second-order valence-electron chi connectivity index (χ2n) is 5.69. The molecule has 1 aromatic carbocycles. The molecule has 2 N–H and O–H groups in total. The molecule has 2 atom stereocenters. The Kier molecular flexibility index (Phi) is 4.86. The molecule has 4 heteroatoms. The monoisotopic (exact) mass is 292 g/mol. The Bertz CT molecular complexity index is 489. The number of anilines is 1. The van der Waals surface area contributed by atoms with Crippen molar-refractivity contribution in [3.05, 3.63) is 23.8 Å². The fourth-order valence-electron chi connectivity index (χ4n) is 3.19. The van der Waals surface area contributed by atoms with Gasteiger partial charge in [0.25, 0.3) is 0 Å². The molecule has 1 aliphatic rings. The van der Waals surface area contributed by atoms with Crippen LogP contribution in [0.1, 0.15) is 38.2 Å². The maximum atomic E-state index is 5.87. The molecule has 1 aliphatic carbocycles. The van der Waals surface area contributed by atoms with E-state index in [0.717, 1.165) is 17.0 Å². The first kappa shape index (κ1) is 15.1. The fourth-order valence-corrected chi connectivity index (χ4v) is 3.36. The third-order valence-electron chi connectivity index (χ3n) is 4.41. The number of nitrogens with zero attached hydrogens (tertiary/aromatic N) is 1. The summed E-state index contributed by atoms with van der Waals surface area (Å²) in [6, 6.07) is 6.45. The molecule has 1 saturated carbocycles. The zero-order valence-corrected chi connectivity index (χ0v) is 13.4. The average Bonchev–Trinajstić information content (AvgIpc) is 2.46. The lowest BCUT2D eigenvalue weighted by molar-refractivity contribution is 0.321. The van der Waals surface area contributed by atoms with Gasteiger partial charge in [0.2, 0.25) is 0 Å². The second-order valence-corrected chi connectivity index (χ2v) is 6.13. The fraction of sp³-hybridized carbons (Fsp3) is 0.562. The summed E-state index contributed by atoms with van der Waals surface area (Å²) in [5.74, 6) is 1.54. The van der Waals surface area contributed by atoms with E-state index in [0.29, 0.717) is 16.9 Å². The van der Waals surface area contributed by atoms with Crippen LogP contribution in [0.4, 0.5) is 5.69 Å². The van der Waals surface area contributed by atoms with Gasteiger partial charge in [-0.05, 0) is 30.9 Å². The minimum Gasteiger partial charge on any atom is -0.497 e. The van der Waals surface area contributed by atoms with Gasteiger partial charge in [-0.15, -0.1) is 0 Å². The van der Waals surface area contributed by atoms with Gasteiger partial charge >= 0.3 is 0 Å². The molecule has 0 amide bonds. The van der Waals surface area contributed by atoms with Crippen LogP contribution in [-0.2, 0) is 0 Å². The summed E-state index contributed by atoms with van der Waals surface area (Å²) in [4.78, 5) is 2.78. The quantitative estimate of drug-likeness (QED) is 0.864. The van der Waals surface area contributed by atoms with Crippen molar-refractivity contribution in [2.75, 3.05) is 19.1 Å². The molecule has 2 unspecified atom stereocenters. The zero-order chi connectivity index (χ0) is 14.7. The van der Waals surface area contributed by atoms with E-state index in [1.165, 1.54) is 25.7 Å². The van der Waals surface area contributed by atoms with E-state index in [-0.39, 0.29) is 0 Å². The van der Waals surface area contributed by atoms with Crippen molar-refractivity contribution in [1.82, 2.24) is 0 Å². The molecular formula is C16H24N2OS. The molecule has 3 nitrogen and oxygen atoms in total. The molecule has 0 aromatic heterocycles. The maximum Gasteiger partial charge on any atom is 0.120 e. The smallest absolute Gasteiger partial charge is 0.120 e. The van der Waals surface area contributed by atoms with Crippen LogP contribution in [-0.4, -0.2) is 25.2 Å². The first-order valence-corrected chi connectivity index (χ1v) is 7.66.